The topological polar surface area (TPSA) is 88.1 Å². The van der Waals surface area contributed by atoms with Gasteiger partial charge in [-0.25, -0.2) is 0 Å². The third-order valence-corrected chi connectivity index (χ3v) is 7.77. The Balaban J connectivity index is 1.23. The normalized spacial score (nSPS) is 16.2. The molecule has 9 heteroatoms. The maximum absolute atomic E-state index is 13.5. The minimum atomic E-state index is -0.153. The van der Waals surface area contributed by atoms with Crippen molar-refractivity contribution in [2.45, 2.75) is 32.2 Å². The second-order valence-electron chi connectivity index (χ2n) is 10.4. The van der Waals surface area contributed by atoms with E-state index in [4.69, 9.17) is 9.47 Å². The van der Waals surface area contributed by atoms with E-state index >= 15 is 0 Å². The molecule has 0 unspecified atom stereocenters. The average Bonchev–Trinajstić information content (AvgIpc) is 3.87. The van der Waals surface area contributed by atoms with Crippen LogP contribution in [-0.4, -0.2) is 78.8 Å². The summed E-state index contributed by atoms with van der Waals surface area (Å²) in [6.07, 6.45) is 2.63. The molecule has 1 aliphatic heterocycles. The number of aromatic nitrogens is 2. The van der Waals surface area contributed by atoms with Gasteiger partial charge in [0.2, 0.25) is 11.8 Å². The fraction of sp³-hybridized carbons (Fsp3) is 0.419. The third-order valence-electron chi connectivity index (χ3n) is 7.77. The first kappa shape index (κ1) is 27.4. The number of amides is 2. The summed E-state index contributed by atoms with van der Waals surface area (Å²) in [5.41, 5.74) is 2.59. The number of hydrogen-bond donors (Lipinski definition) is 0. The van der Waals surface area contributed by atoms with Gasteiger partial charge >= 0.3 is 0 Å². The van der Waals surface area contributed by atoms with Gasteiger partial charge in [0.1, 0.15) is 18.0 Å². The van der Waals surface area contributed by atoms with E-state index in [9.17, 15) is 9.59 Å². The van der Waals surface area contributed by atoms with Crippen molar-refractivity contribution in [2.24, 2.45) is 5.92 Å². The van der Waals surface area contributed by atoms with Gasteiger partial charge in [0, 0.05) is 43.7 Å². The SMILES string of the molecule is COc1ccc(-c2ccc(N3CCCN(C(=O)CN(C(=O)C4CC4)[C@@H](C)c4ccccc4)CC3)nn2)c(OC)c1. The molecule has 0 N–H and O–H groups in total. The van der Waals surface area contributed by atoms with Crippen LogP contribution in [0.4, 0.5) is 5.82 Å². The molecule has 2 amide bonds. The van der Waals surface area contributed by atoms with E-state index in [0.29, 0.717) is 36.8 Å². The maximum Gasteiger partial charge on any atom is 0.242 e. The molecule has 1 atom stereocenters. The molecule has 2 aromatic carbocycles. The highest BCUT2D eigenvalue weighted by atomic mass is 16.5. The van der Waals surface area contributed by atoms with E-state index in [-0.39, 0.29) is 30.3 Å². The van der Waals surface area contributed by atoms with Crippen molar-refractivity contribution in [2.75, 3.05) is 51.8 Å². The third kappa shape index (κ3) is 6.19. The Morgan fingerprint density at radius 2 is 1.75 bits per heavy atom. The number of hydrogen-bond acceptors (Lipinski definition) is 7. The van der Waals surface area contributed by atoms with Crippen molar-refractivity contribution in [3.63, 3.8) is 0 Å². The highest BCUT2D eigenvalue weighted by Gasteiger charge is 2.37. The highest BCUT2D eigenvalue weighted by molar-refractivity contribution is 5.87. The lowest BCUT2D eigenvalue weighted by Gasteiger charge is -2.32. The first-order valence-electron chi connectivity index (χ1n) is 13.9. The predicted octanol–water partition coefficient (Wildman–Crippen LogP) is 4.20. The Bertz CT molecular complexity index is 1310. The lowest BCUT2D eigenvalue weighted by molar-refractivity contribution is -0.143. The molecule has 2 fully saturated rings. The van der Waals surface area contributed by atoms with Gasteiger partial charge in [0.15, 0.2) is 5.82 Å². The van der Waals surface area contributed by atoms with Crippen molar-refractivity contribution in [3.8, 4) is 22.8 Å². The summed E-state index contributed by atoms with van der Waals surface area (Å²) in [6.45, 7) is 4.75. The molecule has 40 heavy (non-hydrogen) atoms. The number of ether oxygens (including phenoxy) is 2. The second kappa shape index (κ2) is 12.4. The van der Waals surface area contributed by atoms with Crippen molar-refractivity contribution in [1.29, 1.82) is 0 Å². The Hall–Kier alpha value is -4.14. The molecule has 0 radical (unpaired) electrons. The van der Waals surface area contributed by atoms with Gasteiger partial charge in [0.25, 0.3) is 0 Å². The van der Waals surface area contributed by atoms with Gasteiger partial charge in [-0.2, -0.15) is 0 Å². The number of nitrogens with zero attached hydrogens (tertiary/aromatic N) is 5. The van der Waals surface area contributed by atoms with E-state index < -0.39 is 0 Å². The van der Waals surface area contributed by atoms with Crippen LogP contribution in [0.5, 0.6) is 11.5 Å². The van der Waals surface area contributed by atoms with Crippen LogP contribution in [0, 0.1) is 5.92 Å². The molecule has 2 heterocycles. The van der Waals surface area contributed by atoms with Crippen LogP contribution in [0.2, 0.25) is 0 Å². The average molecular weight is 544 g/mol. The molecule has 1 aliphatic carbocycles. The number of carbonyl (C=O) groups excluding carboxylic acids is 2. The number of carbonyl (C=O) groups is 2. The number of rotatable bonds is 9. The van der Waals surface area contributed by atoms with Gasteiger partial charge in [-0.1, -0.05) is 30.3 Å². The molecule has 1 saturated heterocycles. The van der Waals surface area contributed by atoms with E-state index in [1.807, 2.05) is 72.5 Å². The van der Waals surface area contributed by atoms with Crippen molar-refractivity contribution in [3.05, 3.63) is 66.2 Å². The van der Waals surface area contributed by atoms with Crippen LogP contribution < -0.4 is 14.4 Å². The molecule has 5 rings (SSSR count). The first-order valence-corrected chi connectivity index (χ1v) is 13.9. The van der Waals surface area contributed by atoms with Crippen molar-refractivity contribution in [1.82, 2.24) is 20.0 Å². The smallest absolute Gasteiger partial charge is 0.242 e. The summed E-state index contributed by atoms with van der Waals surface area (Å²) in [7, 11) is 3.24. The van der Waals surface area contributed by atoms with Crippen LogP contribution in [0.15, 0.2) is 60.7 Å². The lowest BCUT2D eigenvalue weighted by Crippen LogP contribution is -2.45. The lowest BCUT2D eigenvalue weighted by atomic mass is 10.1. The standard InChI is InChI=1S/C31H37N5O4/c1-22(23-8-5-4-6-9-23)36(31(38)24-10-11-24)21-30(37)35-17-7-16-34(18-19-35)29-15-14-27(32-33-29)26-13-12-25(39-2)20-28(26)40-3/h4-6,8-9,12-15,20,22,24H,7,10-11,16-19,21H2,1-3H3/t22-/m0/s1. The molecular weight excluding hydrogens is 506 g/mol. The van der Waals surface area contributed by atoms with Gasteiger partial charge in [-0.15, -0.1) is 10.2 Å². The highest BCUT2D eigenvalue weighted by Crippen LogP contribution is 2.34. The van der Waals surface area contributed by atoms with Gasteiger partial charge in [-0.3, -0.25) is 9.59 Å². The van der Waals surface area contributed by atoms with Crippen LogP contribution in [0.1, 0.15) is 37.8 Å². The van der Waals surface area contributed by atoms with Crippen molar-refractivity contribution < 1.29 is 19.1 Å². The van der Waals surface area contributed by atoms with Gasteiger partial charge in [0.05, 0.1) is 26.0 Å². The predicted molar refractivity (Wildman–Crippen MR) is 153 cm³/mol. The Morgan fingerprint density at radius 3 is 2.42 bits per heavy atom. The Labute approximate surface area is 235 Å². The van der Waals surface area contributed by atoms with E-state index in [1.54, 1.807) is 19.1 Å². The Kier molecular flexibility index (Phi) is 8.48. The van der Waals surface area contributed by atoms with Crippen molar-refractivity contribution >= 4 is 17.6 Å². The zero-order valence-corrected chi connectivity index (χ0v) is 23.5. The molecule has 9 nitrogen and oxygen atoms in total. The second-order valence-corrected chi connectivity index (χ2v) is 10.4. The number of anilines is 1. The zero-order chi connectivity index (χ0) is 28.1. The van der Waals surface area contributed by atoms with Gasteiger partial charge in [-0.05, 0) is 56.0 Å². The number of methoxy groups -OCH3 is 2. The summed E-state index contributed by atoms with van der Waals surface area (Å²) in [4.78, 5) is 32.4. The monoisotopic (exact) mass is 543 g/mol. The summed E-state index contributed by atoms with van der Waals surface area (Å²) in [6, 6.07) is 19.3. The minimum Gasteiger partial charge on any atom is -0.497 e. The molecule has 1 saturated carbocycles. The van der Waals surface area contributed by atoms with E-state index in [2.05, 4.69) is 15.1 Å². The van der Waals surface area contributed by atoms with E-state index in [0.717, 1.165) is 42.8 Å². The Morgan fingerprint density at radius 1 is 0.950 bits per heavy atom. The maximum atomic E-state index is 13.5. The zero-order valence-electron chi connectivity index (χ0n) is 23.5. The summed E-state index contributed by atoms with van der Waals surface area (Å²) in [5.74, 6) is 2.29. The largest absolute Gasteiger partial charge is 0.497 e. The van der Waals surface area contributed by atoms with E-state index in [1.165, 1.54) is 0 Å². The molecule has 210 valence electrons. The molecule has 0 bridgehead atoms. The van der Waals surface area contributed by atoms with Crippen LogP contribution in [0.25, 0.3) is 11.3 Å². The molecular formula is C31H37N5O4. The summed E-state index contributed by atoms with van der Waals surface area (Å²) < 4.78 is 10.8. The van der Waals surface area contributed by atoms with Crippen LogP contribution in [0.3, 0.4) is 0 Å². The fourth-order valence-corrected chi connectivity index (χ4v) is 5.17. The molecule has 2 aliphatic rings. The van der Waals surface area contributed by atoms with Crippen LogP contribution in [-0.2, 0) is 9.59 Å². The molecule has 0 spiro atoms. The van der Waals surface area contributed by atoms with Gasteiger partial charge < -0.3 is 24.2 Å². The summed E-state index contributed by atoms with van der Waals surface area (Å²) >= 11 is 0. The molecule has 1 aromatic heterocycles. The quantitative estimate of drug-likeness (QED) is 0.400. The number of benzene rings is 2. The minimum absolute atomic E-state index is 0.00772. The summed E-state index contributed by atoms with van der Waals surface area (Å²) in [5, 5.41) is 8.96. The fourth-order valence-electron chi connectivity index (χ4n) is 5.17. The first-order chi connectivity index (χ1) is 19.5. The van der Waals surface area contributed by atoms with Crippen LogP contribution >= 0.6 is 0 Å². The molecule has 3 aromatic rings.